The maximum Gasteiger partial charge on any atom is 0.223 e. The third kappa shape index (κ3) is 2.80. The summed E-state index contributed by atoms with van der Waals surface area (Å²) in [6, 6.07) is 0. The van der Waals surface area contributed by atoms with Crippen LogP contribution in [0.25, 0.3) is 11.0 Å². The molecule has 0 spiro atoms. The SMILES string of the molecule is C=C/C(=C\C=C/C)Sc1c(C)c2c(N)nc(N)nc2n1C. The van der Waals surface area contributed by atoms with Gasteiger partial charge in [0.15, 0.2) is 0 Å². The molecule has 0 aliphatic rings. The van der Waals surface area contributed by atoms with Crippen molar-refractivity contribution in [2.24, 2.45) is 7.05 Å². The van der Waals surface area contributed by atoms with E-state index in [0.29, 0.717) is 5.82 Å². The van der Waals surface area contributed by atoms with Gasteiger partial charge in [0.2, 0.25) is 5.95 Å². The molecule has 110 valence electrons. The van der Waals surface area contributed by atoms with E-state index in [4.69, 9.17) is 11.5 Å². The van der Waals surface area contributed by atoms with Crippen molar-refractivity contribution in [1.82, 2.24) is 14.5 Å². The number of rotatable bonds is 4. The number of fused-ring (bicyclic) bond motifs is 1. The fourth-order valence-corrected chi connectivity index (χ4v) is 3.06. The Morgan fingerprint density at radius 3 is 2.67 bits per heavy atom. The van der Waals surface area contributed by atoms with E-state index in [-0.39, 0.29) is 5.95 Å². The van der Waals surface area contributed by atoms with Gasteiger partial charge in [-0.15, -0.1) is 0 Å². The molecular formula is C15H19N5S. The standard InChI is InChI=1S/C15H19N5S/c1-5-7-8-10(6-2)21-14-9(3)11-12(16)18-15(17)19-13(11)20(14)4/h5-8H,2H2,1,3-4H3,(H4,16,17,18,19)/b7-5-,10-8+. The Labute approximate surface area is 128 Å². The smallest absolute Gasteiger partial charge is 0.223 e. The number of anilines is 2. The minimum Gasteiger partial charge on any atom is -0.383 e. The van der Waals surface area contributed by atoms with Gasteiger partial charge in [0, 0.05) is 12.0 Å². The summed E-state index contributed by atoms with van der Waals surface area (Å²) < 4.78 is 1.98. The summed E-state index contributed by atoms with van der Waals surface area (Å²) in [6.07, 6.45) is 7.79. The van der Waals surface area contributed by atoms with Crippen LogP contribution in [0.1, 0.15) is 12.5 Å². The summed E-state index contributed by atoms with van der Waals surface area (Å²) in [5, 5.41) is 1.90. The molecule has 4 N–H and O–H groups in total. The van der Waals surface area contributed by atoms with Crippen molar-refractivity contribution in [2.75, 3.05) is 11.5 Å². The largest absolute Gasteiger partial charge is 0.383 e. The number of hydrogen-bond acceptors (Lipinski definition) is 5. The Hall–Kier alpha value is -2.21. The first-order chi connectivity index (χ1) is 9.99. The van der Waals surface area contributed by atoms with Gasteiger partial charge in [-0.25, -0.2) is 0 Å². The highest BCUT2D eigenvalue weighted by Gasteiger charge is 2.17. The molecule has 0 saturated heterocycles. The molecule has 0 saturated carbocycles. The zero-order valence-corrected chi connectivity index (χ0v) is 13.2. The number of hydrogen-bond donors (Lipinski definition) is 2. The highest BCUT2D eigenvalue weighted by Crippen LogP contribution is 2.37. The summed E-state index contributed by atoms with van der Waals surface area (Å²) in [6.45, 7) is 7.84. The molecule has 0 aliphatic heterocycles. The molecule has 6 heteroatoms. The fourth-order valence-electron chi connectivity index (χ4n) is 2.13. The lowest BCUT2D eigenvalue weighted by molar-refractivity contribution is 0.840. The van der Waals surface area contributed by atoms with E-state index >= 15 is 0 Å². The van der Waals surface area contributed by atoms with E-state index in [1.807, 2.05) is 49.8 Å². The van der Waals surface area contributed by atoms with E-state index in [1.54, 1.807) is 11.8 Å². The normalized spacial score (nSPS) is 12.4. The summed E-state index contributed by atoms with van der Waals surface area (Å²) in [5.41, 5.74) is 13.5. The number of aromatic nitrogens is 3. The average molecular weight is 301 g/mol. The van der Waals surface area contributed by atoms with E-state index in [9.17, 15) is 0 Å². The molecule has 0 radical (unpaired) electrons. The lowest BCUT2D eigenvalue weighted by Crippen LogP contribution is -2.01. The fraction of sp³-hybridized carbons (Fsp3) is 0.200. The lowest BCUT2D eigenvalue weighted by Gasteiger charge is -2.05. The van der Waals surface area contributed by atoms with E-state index in [2.05, 4.69) is 16.5 Å². The molecule has 0 bridgehead atoms. The number of nitrogen functional groups attached to an aromatic ring is 2. The van der Waals surface area contributed by atoms with Gasteiger partial charge in [0.1, 0.15) is 11.5 Å². The van der Waals surface area contributed by atoms with E-state index < -0.39 is 0 Å². The molecule has 2 aromatic heterocycles. The Bertz CT molecular complexity index is 755. The Morgan fingerprint density at radius 2 is 2.05 bits per heavy atom. The van der Waals surface area contributed by atoms with Crippen molar-refractivity contribution in [3.8, 4) is 0 Å². The molecule has 0 aliphatic carbocycles. The third-order valence-electron chi connectivity index (χ3n) is 3.12. The first-order valence-corrected chi connectivity index (χ1v) is 7.32. The molecular weight excluding hydrogens is 282 g/mol. The molecule has 2 rings (SSSR count). The number of thioether (sulfide) groups is 1. The van der Waals surface area contributed by atoms with Crippen LogP contribution in [0.5, 0.6) is 0 Å². The zero-order valence-electron chi connectivity index (χ0n) is 12.4. The van der Waals surface area contributed by atoms with Crippen molar-refractivity contribution in [1.29, 1.82) is 0 Å². The summed E-state index contributed by atoms with van der Waals surface area (Å²) in [7, 11) is 1.94. The number of aryl methyl sites for hydroxylation is 2. The topological polar surface area (TPSA) is 82.8 Å². The van der Waals surface area contributed by atoms with E-state index in [0.717, 1.165) is 26.5 Å². The molecule has 2 aromatic rings. The number of allylic oxidation sites excluding steroid dienone is 4. The molecule has 5 nitrogen and oxygen atoms in total. The van der Waals surface area contributed by atoms with Crippen LogP contribution in [0.4, 0.5) is 11.8 Å². The summed E-state index contributed by atoms with van der Waals surface area (Å²) >= 11 is 1.61. The monoisotopic (exact) mass is 301 g/mol. The van der Waals surface area contributed by atoms with Crippen LogP contribution in [0, 0.1) is 6.92 Å². The minimum absolute atomic E-state index is 0.186. The maximum atomic E-state index is 5.98. The first kappa shape index (κ1) is 15.2. The van der Waals surface area contributed by atoms with Gasteiger partial charge in [-0.1, -0.05) is 36.6 Å². The van der Waals surface area contributed by atoms with Crippen LogP contribution in [0.2, 0.25) is 0 Å². The van der Waals surface area contributed by atoms with Crippen LogP contribution in [0.15, 0.2) is 40.8 Å². The molecule has 0 amide bonds. The molecule has 0 atom stereocenters. The number of nitrogens with two attached hydrogens (primary N) is 2. The lowest BCUT2D eigenvalue weighted by atomic mass is 10.2. The maximum absolute atomic E-state index is 5.98. The average Bonchev–Trinajstić information content (AvgIpc) is 2.67. The highest BCUT2D eigenvalue weighted by atomic mass is 32.2. The first-order valence-electron chi connectivity index (χ1n) is 6.50. The summed E-state index contributed by atoms with van der Waals surface area (Å²) in [5.74, 6) is 0.598. The van der Waals surface area contributed by atoms with Gasteiger partial charge < -0.3 is 16.0 Å². The second-order valence-electron chi connectivity index (χ2n) is 4.56. The third-order valence-corrected chi connectivity index (χ3v) is 4.43. The molecule has 0 aromatic carbocycles. The zero-order chi connectivity index (χ0) is 15.6. The summed E-state index contributed by atoms with van der Waals surface area (Å²) in [4.78, 5) is 9.37. The van der Waals surface area contributed by atoms with Crippen LogP contribution in [-0.2, 0) is 7.05 Å². The quantitative estimate of drug-likeness (QED) is 0.669. The van der Waals surface area contributed by atoms with Crippen LogP contribution in [0.3, 0.4) is 0 Å². The molecule has 0 fully saturated rings. The van der Waals surface area contributed by atoms with Gasteiger partial charge in [0.25, 0.3) is 0 Å². The van der Waals surface area contributed by atoms with Crippen LogP contribution >= 0.6 is 11.8 Å². The second-order valence-corrected chi connectivity index (χ2v) is 5.62. The molecule has 2 heterocycles. The molecule has 0 unspecified atom stereocenters. The van der Waals surface area contributed by atoms with Gasteiger partial charge >= 0.3 is 0 Å². The minimum atomic E-state index is 0.186. The predicted molar refractivity (Wildman–Crippen MR) is 91.0 cm³/mol. The van der Waals surface area contributed by atoms with Crippen LogP contribution in [-0.4, -0.2) is 14.5 Å². The highest BCUT2D eigenvalue weighted by molar-refractivity contribution is 8.03. The Balaban J connectivity index is 2.60. The Kier molecular flexibility index (Phi) is 4.37. The van der Waals surface area contributed by atoms with Crippen LogP contribution < -0.4 is 11.5 Å². The van der Waals surface area contributed by atoms with Gasteiger partial charge in [-0.05, 0) is 25.5 Å². The van der Waals surface area contributed by atoms with Crippen molar-refractivity contribution < 1.29 is 0 Å². The van der Waals surface area contributed by atoms with Gasteiger partial charge in [-0.3, -0.25) is 0 Å². The predicted octanol–water partition coefficient (Wildman–Crippen LogP) is 3.18. The van der Waals surface area contributed by atoms with Gasteiger partial charge in [0.05, 0.1) is 10.4 Å². The van der Waals surface area contributed by atoms with E-state index in [1.165, 1.54) is 0 Å². The van der Waals surface area contributed by atoms with Crippen molar-refractivity contribution >= 4 is 34.6 Å². The Morgan fingerprint density at radius 1 is 1.33 bits per heavy atom. The number of nitrogens with zero attached hydrogens (tertiary/aromatic N) is 3. The molecule has 21 heavy (non-hydrogen) atoms. The van der Waals surface area contributed by atoms with Crippen molar-refractivity contribution in [3.63, 3.8) is 0 Å². The van der Waals surface area contributed by atoms with Gasteiger partial charge in [-0.2, -0.15) is 9.97 Å². The van der Waals surface area contributed by atoms with Crippen molar-refractivity contribution in [3.05, 3.63) is 41.4 Å². The van der Waals surface area contributed by atoms with Crippen molar-refractivity contribution in [2.45, 2.75) is 18.9 Å². The second kappa shape index (κ2) is 6.05.